The first kappa shape index (κ1) is 25.9. The van der Waals surface area contributed by atoms with Gasteiger partial charge in [-0.1, -0.05) is 6.07 Å². The summed E-state index contributed by atoms with van der Waals surface area (Å²) in [6.07, 6.45) is -6.55. The van der Waals surface area contributed by atoms with Gasteiger partial charge in [0.05, 0.1) is 12.3 Å². The number of esters is 4. The van der Waals surface area contributed by atoms with Crippen molar-refractivity contribution in [3.63, 3.8) is 0 Å². The van der Waals surface area contributed by atoms with Gasteiger partial charge in [0, 0.05) is 27.7 Å². The van der Waals surface area contributed by atoms with Gasteiger partial charge >= 0.3 is 23.9 Å². The van der Waals surface area contributed by atoms with Crippen LogP contribution in [0.1, 0.15) is 33.3 Å². The highest BCUT2D eigenvalue weighted by molar-refractivity contribution is 5.68. The van der Waals surface area contributed by atoms with Gasteiger partial charge in [-0.15, -0.1) is 0 Å². The highest BCUT2D eigenvalue weighted by Crippen LogP contribution is 2.33. The van der Waals surface area contributed by atoms with Crippen LogP contribution < -0.4 is 10.5 Å². The summed E-state index contributed by atoms with van der Waals surface area (Å²) in [6.45, 7) is 3.92. The molecule has 0 spiro atoms. The fraction of sp³-hybridized carbons (Fsp3) is 0.524. The van der Waals surface area contributed by atoms with E-state index in [0.29, 0.717) is 5.56 Å². The van der Waals surface area contributed by atoms with Crippen LogP contribution in [-0.2, 0) is 49.5 Å². The van der Waals surface area contributed by atoms with Gasteiger partial charge in [-0.2, -0.15) is 0 Å². The Bertz CT molecular complexity index is 887. The minimum absolute atomic E-state index is 0.119. The molecule has 2 rings (SSSR count). The first-order chi connectivity index (χ1) is 15.5. The first-order valence-electron chi connectivity index (χ1n) is 9.98. The molecule has 5 atom stereocenters. The van der Waals surface area contributed by atoms with Crippen molar-refractivity contribution < 1.29 is 52.7 Å². The monoisotopic (exact) mass is 469 g/mol. The van der Waals surface area contributed by atoms with Crippen LogP contribution in [0.25, 0.3) is 0 Å². The Kier molecular flexibility index (Phi) is 9.00. The van der Waals surface area contributed by atoms with Crippen LogP contribution in [0.4, 0.5) is 5.69 Å². The minimum atomic E-state index is -1.40. The van der Waals surface area contributed by atoms with Crippen LogP contribution in [0.15, 0.2) is 18.2 Å². The lowest BCUT2D eigenvalue weighted by Gasteiger charge is -2.44. The number of aliphatic hydroxyl groups excluding tert-OH is 1. The van der Waals surface area contributed by atoms with Crippen molar-refractivity contribution >= 4 is 29.6 Å². The standard InChI is InChI=1S/C21H27NO11/c1-10(24)28-9-17-18(29-11(2)25)19(30-12(3)26)20(31-13(4)27)21(33-17)32-16-6-5-14(8-23)7-15(16)22/h5-7,17-21,23H,8-9,22H2,1-4H3. The Balaban J connectivity index is 2.47. The molecule has 1 aromatic rings. The smallest absolute Gasteiger partial charge is 0.303 e. The van der Waals surface area contributed by atoms with E-state index in [4.69, 9.17) is 34.2 Å². The van der Waals surface area contributed by atoms with Gasteiger partial charge in [0.25, 0.3) is 0 Å². The molecule has 12 nitrogen and oxygen atoms in total. The average Bonchev–Trinajstić information content (AvgIpc) is 2.71. The van der Waals surface area contributed by atoms with Crippen molar-refractivity contribution in [3.8, 4) is 5.75 Å². The lowest BCUT2D eigenvalue weighted by atomic mass is 9.98. The van der Waals surface area contributed by atoms with Crippen LogP contribution in [-0.4, -0.2) is 66.3 Å². The van der Waals surface area contributed by atoms with E-state index in [0.717, 1.165) is 20.8 Å². The third kappa shape index (κ3) is 7.32. The highest BCUT2D eigenvalue weighted by Gasteiger charge is 2.53. The number of carbonyl (C=O) groups excluding carboxylic acids is 4. The van der Waals surface area contributed by atoms with Gasteiger partial charge in [0.15, 0.2) is 12.2 Å². The maximum absolute atomic E-state index is 11.8. The van der Waals surface area contributed by atoms with E-state index in [1.807, 2.05) is 0 Å². The third-order valence-electron chi connectivity index (χ3n) is 4.45. The molecule has 0 aromatic heterocycles. The van der Waals surface area contributed by atoms with Crippen molar-refractivity contribution in [2.24, 2.45) is 0 Å². The zero-order chi connectivity index (χ0) is 24.7. The SMILES string of the molecule is CC(=O)OCC1OC(Oc2ccc(CO)cc2N)C(OC(C)=O)C(OC(C)=O)C1OC(C)=O. The van der Waals surface area contributed by atoms with Gasteiger partial charge in [0.2, 0.25) is 12.4 Å². The second-order valence-corrected chi connectivity index (χ2v) is 7.22. The van der Waals surface area contributed by atoms with Crippen LogP contribution in [0.5, 0.6) is 5.75 Å². The van der Waals surface area contributed by atoms with Gasteiger partial charge in [-0.05, 0) is 17.7 Å². The molecule has 182 valence electrons. The molecular formula is C21H27NO11. The molecule has 33 heavy (non-hydrogen) atoms. The molecule has 1 fully saturated rings. The molecule has 0 aliphatic carbocycles. The zero-order valence-corrected chi connectivity index (χ0v) is 18.6. The van der Waals surface area contributed by atoms with E-state index in [1.165, 1.54) is 19.1 Å². The second-order valence-electron chi connectivity index (χ2n) is 7.22. The van der Waals surface area contributed by atoms with Gasteiger partial charge < -0.3 is 39.3 Å². The van der Waals surface area contributed by atoms with Crippen molar-refractivity contribution in [3.05, 3.63) is 23.8 Å². The van der Waals surface area contributed by atoms with E-state index >= 15 is 0 Å². The second kappa shape index (κ2) is 11.5. The Labute approximate surface area is 189 Å². The molecule has 5 unspecified atom stereocenters. The molecule has 0 amide bonds. The lowest BCUT2D eigenvalue weighted by molar-refractivity contribution is -0.288. The van der Waals surface area contributed by atoms with Crippen molar-refractivity contribution in [1.82, 2.24) is 0 Å². The number of nitrogen functional groups attached to an aromatic ring is 1. The van der Waals surface area contributed by atoms with E-state index < -0.39 is 54.6 Å². The van der Waals surface area contributed by atoms with Crippen LogP contribution >= 0.6 is 0 Å². The molecule has 1 saturated heterocycles. The maximum Gasteiger partial charge on any atom is 0.303 e. The molecular weight excluding hydrogens is 442 g/mol. The summed E-state index contributed by atoms with van der Waals surface area (Å²) in [6, 6.07) is 4.49. The zero-order valence-electron chi connectivity index (χ0n) is 18.6. The Morgan fingerprint density at radius 3 is 2.00 bits per heavy atom. The predicted octanol–water partition coefficient (Wildman–Crippen LogP) is 0.223. The van der Waals surface area contributed by atoms with Crippen molar-refractivity contribution in [2.45, 2.75) is 65.0 Å². The summed E-state index contributed by atoms with van der Waals surface area (Å²) in [7, 11) is 0. The van der Waals surface area contributed by atoms with Gasteiger partial charge in [0.1, 0.15) is 18.5 Å². The summed E-state index contributed by atoms with van der Waals surface area (Å²) in [5, 5.41) is 9.26. The van der Waals surface area contributed by atoms with E-state index in [2.05, 4.69) is 0 Å². The predicted molar refractivity (Wildman–Crippen MR) is 109 cm³/mol. The molecule has 0 radical (unpaired) electrons. The van der Waals surface area contributed by atoms with Crippen LogP contribution in [0.2, 0.25) is 0 Å². The Morgan fingerprint density at radius 2 is 1.48 bits per heavy atom. The molecule has 1 heterocycles. The average molecular weight is 469 g/mol. The fourth-order valence-corrected chi connectivity index (χ4v) is 3.21. The number of ether oxygens (including phenoxy) is 6. The van der Waals surface area contributed by atoms with Crippen molar-refractivity contribution in [1.29, 1.82) is 0 Å². The summed E-state index contributed by atoms with van der Waals surface area (Å²) >= 11 is 0. The summed E-state index contributed by atoms with van der Waals surface area (Å²) < 4.78 is 32.6. The maximum atomic E-state index is 11.8. The molecule has 1 aromatic carbocycles. The van der Waals surface area contributed by atoms with Crippen molar-refractivity contribution in [2.75, 3.05) is 12.3 Å². The van der Waals surface area contributed by atoms with E-state index in [9.17, 15) is 24.3 Å². The Hall–Kier alpha value is -3.38. The molecule has 3 N–H and O–H groups in total. The molecule has 1 aliphatic heterocycles. The molecule has 12 heteroatoms. The number of hydrogen-bond acceptors (Lipinski definition) is 12. The number of rotatable bonds is 8. The van der Waals surface area contributed by atoms with Crippen LogP contribution in [0, 0.1) is 0 Å². The molecule has 0 saturated carbocycles. The number of hydrogen-bond donors (Lipinski definition) is 2. The lowest BCUT2D eigenvalue weighted by Crippen LogP contribution is -2.63. The van der Waals surface area contributed by atoms with Gasteiger partial charge in [-0.3, -0.25) is 19.2 Å². The van der Waals surface area contributed by atoms with E-state index in [1.54, 1.807) is 6.07 Å². The van der Waals surface area contributed by atoms with E-state index in [-0.39, 0.29) is 24.7 Å². The number of aliphatic hydroxyl groups is 1. The van der Waals surface area contributed by atoms with Crippen LogP contribution in [0.3, 0.4) is 0 Å². The number of carbonyl (C=O) groups is 4. The normalized spacial score (nSPS) is 24.3. The molecule has 1 aliphatic rings. The topological polar surface area (TPSA) is 170 Å². The van der Waals surface area contributed by atoms with Gasteiger partial charge in [-0.25, -0.2) is 0 Å². The summed E-state index contributed by atoms with van der Waals surface area (Å²) in [4.78, 5) is 46.7. The first-order valence-corrected chi connectivity index (χ1v) is 9.98. The summed E-state index contributed by atoms with van der Waals surface area (Å²) in [5.41, 5.74) is 6.66. The highest BCUT2D eigenvalue weighted by atomic mass is 16.7. The number of benzene rings is 1. The third-order valence-corrected chi connectivity index (χ3v) is 4.45. The molecule has 0 bridgehead atoms. The largest absolute Gasteiger partial charge is 0.463 e. The minimum Gasteiger partial charge on any atom is -0.463 e. The number of nitrogens with two attached hydrogens (primary N) is 1. The number of anilines is 1. The summed E-state index contributed by atoms with van der Waals surface area (Å²) in [5.74, 6) is -2.76. The fourth-order valence-electron chi connectivity index (χ4n) is 3.21. The quantitative estimate of drug-likeness (QED) is 0.302. The Morgan fingerprint density at radius 1 is 0.909 bits per heavy atom.